The number of amides is 1. The molecule has 11 nitrogen and oxygen atoms in total. The molecule has 0 aromatic rings. The van der Waals surface area contributed by atoms with Gasteiger partial charge in [-0.05, 0) is 37.8 Å². The second-order valence-corrected chi connectivity index (χ2v) is 12.5. The lowest BCUT2D eigenvalue weighted by Gasteiger charge is -2.34. The van der Waals surface area contributed by atoms with Crippen LogP contribution in [0.5, 0.6) is 0 Å². The molecule has 37 heavy (non-hydrogen) atoms. The van der Waals surface area contributed by atoms with Crippen molar-refractivity contribution in [3.05, 3.63) is 24.0 Å². The number of nitrogens with one attached hydrogen (secondary N) is 1. The lowest BCUT2D eigenvalue weighted by Crippen LogP contribution is -2.43. The number of alkyl carbamates (subject to hydrolysis) is 1. The Labute approximate surface area is 221 Å². The molecular weight excluding hydrogens is 506 g/mol. The van der Waals surface area contributed by atoms with Crippen LogP contribution in [0.15, 0.2) is 24.0 Å². The van der Waals surface area contributed by atoms with Crippen molar-refractivity contribution in [3.8, 4) is 0 Å². The van der Waals surface area contributed by atoms with Crippen LogP contribution in [0.2, 0.25) is 0 Å². The van der Waals surface area contributed by atoms with Crippen LogP contribution in [0.25, 0.3) is 0 Å². The van der Waals surface area contributed by atoms with Crippen molar-refractivity contribution in [2.45, 2.75) is 120 Å². The third-order valence-electron chi connectivity index (χ3n) is 5.56. The minimum absolute atomic E-state index is 0.00432. The minimum Gasteiger partial charge on any atom is -0.488 e. The summed E-state index contributed by atoms with van der Waals surface area (Å²) in [6, 6.07) is -0.238. The van der Waals surface area contributed by atoms with E-state index in [4.69, 9.17) is 14.2 Å². The molecule has 0 saturated heterocycles. The molecular formula is C25H41NO10S. The first-order valence-corrected chi connectivity index (χ1v) is 13.3. The van der Waals surface area contributed by atoms with Gasteiger partial charge in [-0.1, -0.05) is 26.8 Å². The van der Waals surface area contributed by atoms with E-state index in [1.54, 1.807) is 13.8 Å². The third-order valence-corrected chi connectivity index (χ3v) is 6.44. The van der Waals surface area contributed by atoms with Crippen LogP contribution in [0.3, 0.4) is 0 Å². The normalized spacial score (nSPS) is 34.2. The number of carbonyl (C=O) groups excluding carboxylic acids is 2. The van der Waals surface area contributed by atoms with Crippen LogP contribution in [-0.2, 0) is 14.2 Å². The first kappa shape index (κ1) is 31.4. The molecule has 2 rings (SSSR count). The standard InChI is InChI=1S/C25H41NO10S/c1-13(2)26-23(32)36-22-12-18(30)17(29)9-15(28)10-21(22)35-20-11-16(7-6-14(27)8-19(20)31)34-24(33)37-25(3,4)5/h6-7,10,13-20,22,27-31H,8-9,11-12H2,1-5H3,(H,26,32)/b7-6+,21-10?. The molecule has 6 N–H and O–H groups in total. The summed E-state index contributed by atoms with van der Waals surface area (Å²) in [6.45, 7) is 9.05. The summed E-state index contributed by atoms with van der Waals surface area (Å²) in [4.78, 5) is 24.8. The summed E-state index contributed by atoms with van der Waals surface area (Å²) in [5.41, 5.74) is 0. The number of thioether (sulfide) groups is 1. The lowest BCUT2D eigenvalue weighted by atomic mass is 9.94. The van der Waals surface area contributed by atoms with Gasteiger partial charge in [0.05, 0.1) is 30.5 Å². The topological polar surface area (TPSA) is 175 Å². The van der Waals surface area contributed by atoms with Crippen molar-refractivity contribution in [1.82, 2.24) is 5.32 Å². The Morgan fingerprint density at radius 2 is 1.54 bits per heavy atom. The Balaban J connectivity index is 2.31. The first-order valence-electron chi connectivity index (χ1n) is 12.5. The zero-order valence-electron chi connectivity index (χ0n) is 21.9. The Morgan fingerprint density at radius 1 is 0.919 bits per heavy atom. The fourth-order valence-electron chi connectivity index (χ4n) is 3.86. The van der Waals surface area contributed by atoms with Crippen molar-refractivity contribution in [2.75, 3.05) is 0 Å². The van der Waals surface area contributed by atoms with Gasteiger partial charge < -0.3 is 45.1 Å². The Morgan fingerprint density at radius 3 is 2.16 bits per heavy atom. The van der Waals surface area contributed by atoms with Gasteiger partial charge in [0, 0.05) is 36.5 Å². The largest absolute Gasteiger partial charge is 0.488 e. The van der Waals surface area contributed by atoms with Gasteiger partial charge in [-0.25, -0.2) is 9.59 Å². The highest BCUT2D eigenvalue weighted by molar-refractivity contribution is 8.14. The van der Waals surface area contributed by atoms with Crippen molar-refractivity contribution in [2.24, 2.45) is 0 Å². The molecule has 0 radical (unpaired) electrons. The minimum atomic E-state index is -1.33. The van der Waals surface area contributed by atoms with E-state index in [2.05, 4.69) is 5.32 Å². The first-order chi connectivity index (χ1) is 17.1. The van der Waals surface area contributed by atoms with Gasteiger partial charge in [0.2, 0.25) is 0 Å². The average Bonchev–Trinajstić information content (AvgIpc) is 2.72. The van der Waals surface area contributed by atoms with E-state index in [0.717, 1.165) is 11.8 Å². The van der Waals surface area contributed by atoms with Crippen molar-refractivity contribution >= 4 is 23.2 Å². The molecule has 0 saturated carbocycles. The van der Waals surface area contributed by atoms with Crippen LogP contribution in [0.1, 0.15) is 60.3 Å². The summed E-state index contributed by atoms with van der Waals surface area (Å²) >= 11 is 0.997. The molecule has 1 amide bonds. The van der Waals surface area contributed by atoms with Gasteiger partial charge in [0.1, 0.15) is 18.0 Å². The average molecular weight is 548 g/mol. The number of aliphatic hydroxyl groups is 5. The van der Waals surface area contributed by atoms with Crippen LogP contribution in [0.4, 0.5) is 9.59 Å². The maximum Gasteiger partial charge on any atom is 0.408 e. The van der Waals surface area contributed by atoms with Crippen molar-refractivity contribution in [3.63, 3.8) is 0 Å². The molecule has 0 fully saturated rings. The van der Waals surface area contributed by atoms with Gasteiger partial charge in [0.15, 0.2) is 6.10 Å². The number of ether oxygens (including phenoxy) is 3. The van der Waals surface area contributed by atoms with Gasteiger partial charge in [-0.3, -0.25) is 0 Å². The summed E-state index contributed by atoms with van der Waals surface area (Å²) in [5.74, 6) is -0.0328. The molecule has 0 spiro atoms. The highest BCUT2D eigenvalue weighted by Crippen LogP contribution is 2.30. The maximum atomic E-state index is 12.4. The van der Waals surface area contributed by atoms with E-state index >= 15 is 0 Å². The molecule has 12 heteroatoms. The predicted molar refractivity (Wildman–Crippen MR) is 137 cm³/mol. The van der Waals surface area contributed by atoms with Crippen LogP contribution >= 0.6 is 11.8 Å². The summed E-state index contributed by atoms with van der Waals surface area (Å²) in [7, 11) is 0. The van der Waals surface area contributed by atoms with Crippen molar-refractivity contribution in [1.29, 1.82) is 0 Å². The van der Waals surface area contributed by atoms with Gasteiger partial charge in [-0.15, -0.1) is 0 Å². The molecule has 0 heterocycles. The fraction of sp³-hybridized carbons (Fsp3) is 0.760. The Kier molecular flexibility index (Phi) is 11.7. The molecule has 2 aliphatic carbocycles. The molecule has 8 unspecified atom stereocenters. The Bertz CT molecular complexity index is 827. The zero-order chi connectivity index (χ0) is 27.9. The Hall–Kier alpha value is -1.83. The lowest BCUT2D eigenvalue weighted by molar-refractivity contribution is -0.0768. The van der Waals surface area contributed by atoms with Crippen LogP contribution in [-0.4, -0.2) is 96.5 Å². The molecule has 8 atom stereocenters. The monoisotopic (exact) mass is 547 g/mol. The van der Waals surface area contributed by atoms with Gasteiger partial charge in [-0.2, -0.15) is 0 Å². The molecule has 0 aromatic carbocycles. The van der Waals surface area contributed by atoms with E-state index < -0.39 is 60.2 Å². The molecule has 0 bridgehead atoms. The number of aliphatic hydroxyl groups excluding tert-OH is 5. The predicted octanol–water partition coefficient (Wildman–Crippen LogP) is 1.74. The number of carbonyl (C=O) groups is 2. The van der Waals surface area contributed by atoms with E-state index in [1.165, 1.54) is 18.2 Å². The molecule has 0 aliphatic heterocycles. The van der Waals surface area contributed by atoms with Gasteiger partial charge in [0.25, 0.3) is 0 Å². The van der Waals surface area contributed by atoms with Crippen LogP contribution < -0.4 is 5.32 Å². The summed E-state index contributed by atoms with van der Waals surface area (Å²) in [5, 5.41) is 54.0. The number of rotatable bonds is 5. The van der Waals surface area contributed by atoms with Crippen molar-refractivity contribution < 1.29 is 49.3 Å². The van der Waals surface area contributed by atoms with E-state index in [0.29, 0.717) is 0 Å². The van der Waals surface area contributed by atoms with E-state index in [9.17, 15) is 35.1 Å². The number of hydrogen-bond acceptors (Lipinski definition) is 11. The summed E-state index contributed by atoms with van der Waals surface area (Å²) < 4.78 is 16.7. The summed E-state index contributed by atoms with van der Waals surface area (Å²) in [6.07, 6.45) is -6.19. The van der Waals surface area contributed by atoms with Gasteiger partial charge >= 0.3 is 11.4 Å². The second kappa shape index (κ2) is 13.8. The zero-order valence-corrected chi connectivity index (χ0v) is 22.8. The van der Waals surface area contributed by atoms with Crippen LogP contribution in [0, 0.1) is 0 Å². The van der Waals surface area contributed by atoms with E-state index in [1.807, 2.05) is 20.8 Å². The molecule has 2 aliphatic rings. The smallest absolute Gasteiger partial charge is 0.408 e. The SMILES string of the molecule is CC(C)NC(=O)OC1CC(O)C(O)CC(O)C=C1OC1CC(OC(=O)SC(C)(C)C)/C=C/C(O)CC1O. The number of hydrogen-bond donors (Lipinski definition) is 6. The van der Waals surface area contributed by atoms with E-state index in [-0.39, 0.29) is 42.2 Å². The highest BCUT2D eigenvalue weighted by atomic mass is 32.2. The fourth-order valence-corrected chi connectivity index (χ4v) is 4.54. The second-order valence-electron chi connectivity index (χ2n) is 10.7. The molecule has 0 aromatic heterocycles. The quantitative estimate of drug-likeness (QED) is 0.218. The maximum absolute atomic E-state index is 12.4. The highest BCUT2D eigenvalue weighted by Gasteiger charge is 2.36. The third kappa shape index (κ3) is 11.2. The molecule has 212 valence electrons.